The number of nitrogens with one attached hydrogen (secondary N) is 1. The lowest BCUT2D eigenvalue weighted by molar-refractivity contribution is 0.318. The van der Waals surface area contributed by atoms with Gasteiger partial charge >= 0.3 is 0 Å². The van der Waals surface area contributed by atoms with Gasteiger partial charge in [-0.1, -0.05) is 30.3 Å². The molecule has 18 heavy (non-hydrogen) atoms. The third kappa shape index (κ3) is 4.98. The van der Waals surface area contributed by atoms with Crippen LogP contribution in [0.3, 0.4) is 0 Å². The lowest BCUT2D eigenvalue weighted by atomic mass is 10.1. The van der Waals surface area contributed by atoms with E-state index in [0.717, 1.165) is 29.2 Å². The summed E-state index contributed by atoms with van der Waals surface area (Å²) in [6.45, 7) is 5.13. The molecule has 0 fully saturated rings. The van der Waals surface area contributed by atoms with E-state index in [2.05, 4.69) is 24.3 Å². The Morgan fingerprint density at radius 3 is 3.00 bits per heavy atom. The minimum atomic E-state index is 0.145. The van der Waals surface area contributed by atoms with E-state index < -0.39 is 0 Å². The number of amidine groups is 1. The maximum atomic E-state index is 8.64. The zero-order valence-corrected chi connectivity index (χ0v) is 11.7. The minimum absolute atomic E-state index is 0.145. The van der Waals surface area contributed by atoms with Gasteiger partial charge in [0.15, 0.2) is 5.84 Å². The van der Waals surface area contributed by atoms with E-state index >= 15 is 0 Å². The topological polar surface area (TPSA) is 70.6 Å². The molecule has 0 saturated carbocycles. The molecule has 0 aromatic heterocycles. The monoisotopic (exact) mass is 267 g/mol. The molecular weight excluding hydrogens is 246 g/mol. The molecule has 0 aliphatic rings. The van der Waals surface area contributed by atoms with Crippen molar-refractivity contribution in [3.63, 3.8) is 0 Å². The van der Waals surface area contributed by atoms with Crippen LogP contribution < -0.4 is 11.1 Å². The summed E-state index contributed by atoms with van der Waals surface area (Å²) in [5.74, 6) is 2.40. The van der Waals surface area contributed by atoms with E-state index in [4.69, 9.17) is 10.9 Å². The highest BCUT2D eigenvalue weighted by molar-refractivity contribution is 7.99. The number of oxime groups is 1. The molecule has 4 N–H and O–H groups in total. The summed E-state index contributed by atoms with van der Waals surface area (Å²) in [6.07, 6.45) is 0. The number of nitrogens with two attached hydrogens (primary N) is 1. The van der Waals surface area contributed by atoms with E-state index in [9.17, 15) is 0 Å². The first-order valence-corrected chi connectivity index (χ1v) is 7.20. The van der Waals surface area contributed by atoms with Crippen molar-refractivity contribution in [1.29, 1.82) is 0 Å². The van der Waals surface area contributed by atoms with Crippen LogP contribution in [0.5, 0.6) is 0 Å². The summed E-state index contributed by atoms with van der Waals surface area (Å²) < 4.78 is 0. The van der Waals surface area contributed by atoms with Crippen LogP contribution in [0, 0.1) is 0 Å². The van der Waals surface area contributed by atoms with Gasteiger partial charge in [0.05, 0.1) is 0 Å². The van der Waals surface area contributed by atoms with Gasteiger partial charge in [0.2, 0.25) is 0 Å². The van der Waals surface area contributed by atoms with Crippen LogP contribution in [-0.2, 0) is 6.54 Å². The second-order valence-electron chi connectivity index (χ2n) is 4.13. The Hall–Kier alpha value is -1.20. The van der Waals surface area contributed by atoms with Gasteiger partial charge in [-0.2, -0.15) is 11.8 Å². The van der Waals surface area contributed by atoms with Crippen LogP contribution in [0.25, 0.3) is 0 Å². The Morgan fingerprint density at radius 2 is 2.33 bits per heavy atom. The summed E-state index contributed by atoms with van der Waals surface area (Å²) in [7, 11) is 0. The normalized spacial score (nSPS) is 13.6. The Kier molecular flexibility index (Phi) is 6.60. The smallest absolute Gasteiger partial charge is 0.170 e. The van der Waals surface area contributed by atoms with Crippen LogP contribution in [0.2, 0.25) is 0 Å². The van der Waals surface area contributed by atoms with E-state index in [0.29, 0.717) is 6.04 Å². The zero-order valence-electron chi connectivity index (χ0n) is 10.9. The van der Waals surface area contributed by atoms with Gasteiger partial charge in [0.1, 0.15) is 0 Å². The van der Waals surface area contributed by atoms with Crippen molar-refractivity contribution < 1.29 is 5.21 Å². The highest BCUT2D eigenvalue weighted by atomic mass is 32.2. The fourth-order valence-corrected chi connectivity index (χ4v) is 2.25. The molecule has 1 atom stereocenters. The van der Waals surface area contributed by atoms with Crippen molar-refractivity contribution in [3.05, 3.63) is 35.4 Å². The van der Waals surface area contributed by atoms with Gasteiger partial charge in [0.25, 0.3) is 0 Å². The molecule has 100 valence electrons. The standard InChI is InChI=1S/C13H21N3OS/c1-3-18-9-10(2)15-8-11-5-4-6-12(7-11)13(14)16-17/h4-7,10,15,17H,3,8-9H2,1-2H3,(H2,14,16). The molecule has 0 radical (unpaired) electrons. The van der Waals surface area contributed by atoms with Crippen LogP contribution in [0.15, 0.2) is 29.4 Å². The first-order valence-electron chi connectivity index (χ1n) is 6.05. The summed E-state index contributed by atoms with van der Waals surface area (Å²) >= 11 is 1.93. The number of hydrogen-bond donors (Lipinski definition) is 3. The average molecular weight is 267 g/mol. The van der Waals surface area contributed by atoms with Gasteiger partial charge in [-0.15, -0.1) is 0 Å². The van der Waals surface area contributed by atoms with Crippen LogP contribution in [0.1, 0.15) is 25.0 Å². The fraction of sp³-hybridized carbons (Fsp3) is 0.462. The zero-order chi connectivity index (χ0) is 13.4. The molecule has 4 nitrogen and oxygen atoms in total. The Bertz CT molecular complexity index is 396. The summed E-state index contributed by atoms with van der Waals surface area (Å²) in [4.78, 5) is 0. The lowest BCUT2D eigenvalue weighted by Gasteiger charge is -2.13. The average Bonchev–Trinajstić information content (AvgIpc) is 2.42. The number of hydrogen-bond acceptors (Lipinski definition) is 4. The van der Waals surface area contributed by atoms with E-state index in [-0.39, 0.29) is 5.84 Å². The van der Waals surface area contributed by atoms with Crippen molar-refractivity contribution in [2.75, 3.05) is 11.5 Å². The Morgan fingerprint density at radius 1 is 1.56 bits per heavy atom. The van der Waals surface area contributed by atoms with Gasteiger partial charge in [0, 0.05) is 23.9 Å². The van der Waals surface area contributed by atoms with E-state index in [1.807, 2.05) is 36.0 Å². The van der Waals surface area contributed by atoms with Gasteiger partial charge in [-0.05, 0) is 24.3 Å². The highest BCUT2D eigenvalue weighted by Gasteiger charge is 2.03. The molecule has 0 amide bonds. The number of benzene rings is 1. The second-order valence-corrected chi connectivity index (χ2v) is 5.45. The van der Waals surface area contributed by atoms with Gasteiger partial charge in [-0.3, -0.25) is 0 Å². The summed E-state index contributed by atoms with van der Waals surface area (Å²) in [5, 5.41) is 15.1. The van der Waals surface area contributed by atoms with Crippen LogP contribution in [0.4, 0.5) is 0 Å². The number of thioether (sulfide) groups is 1. The maximum Gasteiger partial charge on any atom is 0.170 e. The van der Waals surface area contributed by atoms with Crippen molar-refractivity contribution in [2.45, 2.75) is 26.4 Å². The first-order chi connectivity index (χ1) is 8.67. The van der Waals surface area contributed by atoms with Gasteiger partial charge in [-0.25, -0.2) is 0 Å². The molecule has 0 aliphatic heterocycles. The third-order valence-electron chi connectivity index (χ3n) is 2.56. The molecular formula is C13H21N3OS. The van der Waals surface area contributed by atoms with E-state index in [1.165, 1.54) is 0 Å². The molecule has 1 aromatic carbocycles. The van der Waals surface area contributed by atoms with Crippen LogP contribution in [-0.4, -0.2) is 28.6 Å². The fourth-order valence-electron chi connectivity index (χ4n) is 1.54. The molecule has 1 rings (SSSR count). The van der Waals surface area contributed by atoms with Gasteiger partial charge < -0.3 is 16.3 Å². The van der Waals surface area contributed by atoms with Crippen molar-refractivity contribution >= 4 is 17.6 Å². The van der Waals surface area contributed by atoms with Crippen molar-refractivity contribution in [2.24, 2.45) is 10.9 Å². The third-order valence-corrected chi connectivity index (χ3v) is 3.70. The van der Waals surface area contributed by atoms with Crippen LogP contribution >= 0.6 is 11.8 Å². The summed E-state index contributed by atoms with van der Waals surface area (Å²) in [5.41, 5.74) is 7.44. The largest absolute Gasteiger partial charge is 0.409 e. The number of nitrogens with zero attached hydrogens (tertiary/aromatic N) is 1. The molecule has 0 saturated heterocycles. The quantitative estimate of drug-likeness (QED) is 0.306. The first kappa shape index (κ1) is 14.9. The van der Waals surface area contributed by atoms with Crippen molar-refractivity contribution in [1.82, 2.24) is 5.32 Å². The highest BCUT2D eigenvalue weighted by Crippen LogP contribution is 2.06. The molecule has 1 unspecified atom stereocenters. The van der Waals surface area contributed by atoms with E-state index in [1.54, 1.807) is 0 Å². The SMILES string of the molecule is CCSCC(C)NCc1cccc(/C(N)=N/O)c1. The Labute approximate surface area is 113 Å². The predicted octanol–water partition coefficient (Wildman–Crippen LogP) is 2.01. The molecule has 0 spiro atoms. The minimum Gasteiger partial charge on any atom is -0.409 e. The molecule has 0 aliphatic carbocycles. The molecule has 0 heterocycles. The number of rotatable bonds is 7. The second kappa shape index (κ2) is 8.00. The lowest BCUT2D eigenvalue weighted by Crippen LogP contribution is -2.27. The molecule has 0 bridgehead atoms. The maximum absolute atomic E-state index is 8.64. The summed E-state index contributed by atoms with van der Waals surface area (Å²) in [6, 6.07) is 8.18. The molecule has 1 aromatic rings. The Balaban J connectivity index is 2.52. The predicted molar refractivity (Wildman–Crippen MR) is 78.3 cm³/mol. The molecule has 5 heteroatoms. The van der Waals surface area contributed by atoms with Crippen molar-refractivity contribution in [3.8, 4) is 0 Å².